The minimum atomic E-state index is -0.416. The summed E-state index contributed by atoms with van der Waals surface area (Å²) in [7, 11) is 0. The molecule has 12 heavy (non-hydrogen) atoms. The van der Waals surface area contributed by atoms with Crippen molar-refractivity contribution in [3.05, 3.63) is 29.0 Å². The Bertz CT molecular complexity index is 288. The van der Waals surface area contributed by atoms with Crippen molar-refractivity contribution in [1.82, 2.24) is 4.98 Å². The molecular formula is C8H7ClNO2. The van der Waals surface area contributed by atoms with E-state index in [4.69, 9.17) is 16.3 Å². The highest BCUT2D eigenvalue weighted by Gasteiger charge is 2.06. The number of pyridine rings is 1. The zero-order valence-electron chi connectivity index (χ0n) is 6.50. The largest absolute Gasteiger partial charge is 0.462 e. The Kier molecular flexibility index (Phi) is 3.05. The standard InChI is InChI=1S/C8H7ClNO2/c1-2-12-8(11)6-3-7(9)5-10-4-6/h3-4H,2H2,1H3. The second-order valence-electron chi connectivity index (χ2n) is 2.04. The first-order valence-corrected chi connectivity index (χ1v) is 3.82. The average Bonchev–Trinajstić information content (AvgIpc) is 2.05. The molecule has 0 amide bonds. The first kappa shape index (κ1) is 9.00. The normalized spacial score (nSPS) is 9.50. The van der Waals surface area contributed by atoms with E-state index in [9.17, 15) is 4.79 Å². The molecule has 3 nitrogen and oxygen atoms in total. The van der Waals surface area contributed by atoms with E-state index in [0.717, 1.165) is 0 Å². The van der Waals surface area contributed by atoms with Gasteiger partial charge < -0.3 is 4.74 Å². The van der Waals surface area contributed by atoms with E-state index < -0.39 is 5.97 Å². The van der Waals surface area contributed by atoms with Gasteiger partial charge in [-0.2, -0.15) is 0 Å². The predicted octanol–water partition coefficient (Wildman–Crippen LogP) is 1.71. The molecule has 0 aliphatic rings. The number of nitrogens with zero attached hydrogens (tertiary/aromatic N) is 1. The minimum Gasteiger partial charge on any atom is -0.462 e. The van der Waals surface area contributed by atoms with E-state index in [-0.39, 0.29) is 0 Å². The van der Waals surface area contributed by atoms with Crippen molar-refractivity contribution in [2.45, 2.75) is 6.92 Å². The molecule has 0 N–H and O–H groups in total. The summed E-state index contributed by atoms with van der Waals surface area (Å²) >= 11 is 5.56. The second-order valence-corrected chi connectivity index (χ2v) is 2.45. The minimum absolute atomic E-state index is 0.306. The molecule has 0 atom stereocenters. The number of halogens is 1. The number of esters is 1. The zero-order valence-corrected chi connectivity index (χ0v) is 7.26. The first-order chi connectivity index (χ1) is 5.74. The smallest absolute Gasteiger partial charge is 0.339 e. The molecule has 1 aromatic rings. The highest BCUT2D eigenvalue weighted by atomic mass is 35.5. The van der Waals surface area contributed by atoms with E-state index >= 15 is 0 Å². The fraction of sp³-hybridized carbons (Fsp3) is 0.250. The van der Waals surface area contributed by atoms with Crippen LogP contribution in [0.25, 0.3) is 0 Å². The molecule has 0 aromatic carbocycles. The van der Waals surface area contributed by atoms with Crippen molar-refractivity contribution in [2.24, 2.45) is 0 Å². The number of carbonyl (C=O) groups is 1. The third-order valence-corrected chi connectivity index (χ3v) is 1.36. The summed E-state index contributed by atoms with van der Waals surface area (Å²) in [6, 6.07) is 1.46. The van der Waals surface area contributed by atoms with Crippen LogP contribution in [-0.2, 0) is 4.74 Å². The van der Waals surface area contributed by atoms with Crippen LogP contribution in [0.3, 0.4) is 0 Å². The third-order valence-electron chi connectivity index (χ3n) is 1.17. The lowest BCUT2D eigenvalue weighted by Gasteiger charge is -1.99. The van der Waals surface area contributed by atoms with Crippen LogP contribution in [0.5, 0.6) is 0 Å². The summed E-state index contributed by atoms with van der Waals surface area (Å²) in [5.41, 5.74) is 0.348. The number of rotatable bonds is 2. The molecule has 1 heterocycles. The van der Waals surface area contributed by atoms with Crippen molar-refractivity contribution in [1.29, 1.82) is 0 Å². The van der Waals surface area contributed by atoms with Crippen molar-refractivity contribution in [3.8, 4) is 0 Å². The van der Waals surface area contributed by atoms with E-state index in [1.807, 2.05) is 0 Å². The van der Waals surface area contributed by atoms with Gasteiger partial charge in [0.1, 0.15) is 6.20 Å². The molecule has 0 aliphatic heterocycles. The van der Waals surface area contributed by atoms with Gasteiger partial charge in [0, 0.05) is 6.20 Å². The molecule has 1 radical (unpaired) electrons. The Morgan fingerprint density at radius 2 is 2.58 bits per heavy atom. The van der Waals surface area contributed by atoms with Crippen LogP contribution >= 0.6 is 11.6 Å². The number of carbonyl (C=O) groups excluding carboxylic acids is 1. The molecule has 4 heteroatoms. The molecule has 0 fully saturated rings. The summed E-state index contributed by atoms with van der Waals surface area (Å²) in [5, 5.41) is 0.306. The quantitative estimate of drug-likeness (QED) is 0.657. The molecule has 0 saturated heterocycles. The lowest BCUT2D eigenvalue weighted by molar-refractivity contribution is 0.0526. The third kappa shape index (κ3) is 2.20. The van der Waals surface area contributed by atoms with Crippen LogP contribution in [0.15, 0.2) is 12.3 Å². The van der Waals surface area contributed by atoms with Crippen LogP contribution < -0.4 is 0 Å². The van der Waals surface area contributed by atoms with Gasteiger partial charge in [-0.05, 0) is 13.0 Å². The summed E-state index contributed by atoms with van der Waals surface area (Å²) in [4.78, 5) is 14.7. The van der Waals surface area contributed by atoms with Gasteiger partial charge in [0.05, 0.1) is 17.2 Å². The molecule has 0 saturated carbocycles. The Balaban J connectivity index is 2.81. The molecular weight excluding hydrogens is 178 g/mol. The Morgan fingerprint density at radius 1 is 1.83 bits per heavy atom. The maximum atomic E-state index is 11.1. The SMILES string of the molecule is CCOC(=O)c1cn[c]c(Cl)c1. The maximum absolute atomic E-state index is 11.1. The Hall–Kier alpha value is -1.09. The number of aromatic nitrogens is 1. The number of hydrogen-bond donors (Lipinski definition) is 0. The molecule has 0 aliphatic carbocycles. The van der Waals surface area contributed by atoms with Gasteiger partial charge in [0.15, 0.2) is 0 Å². The van der Waals surface area contributed by atoms with Gasteiger partial charge in [0.25, 0.3) is 0 Å². The monoisotopic (exact) mass is 184 g/mol. The summed E-state index contributed by atoms with van der Waals surface area (Å²) in [5.74, 6) is -0.416. The Labute approximate surface area is 75.3 Å². The van der Waals surface area contributed by atoms with Gasteiger partial charge in [0.2, 0.25) is 0 Å². The van der Waals surface area contributed by atoms with Gasteiger partial charge in [-0.25, -0.2) is 4.79 Å². The number of hydrogen-bond acceptors (Lipinski definition) is 3. The fourth-order valence-electron chi connectivity index (χ4n) is 0.696. The van der Waals surface area contributed by atoms with Crippen LogP contribution in [0, 0.1) is 6.20 Å². The molecule has 1 aromatic heterocycles. The summed E-state index contributed by atoms with van der Waals surface area (Å²) < 4.78 is 4.73. The van der Waals surface area contributed by atoms with Crippen molar-refractivity contribution < 1.29 is 9.53 Å². The number of ether oxygens (including phenoxy) is 1. The van der Waals surface area contributed by atoms with Crippen molar-refractivity contribution in [2.75, 3.05) is 6.61 Å². The average molecular weight is 185 g/mol. The summed E-state index contributed by atoms with van der Waals surface area (Å²) in [6.45, 7) is 2.08. The van der Waals surface area contributed by atoms with Crippen LogP contribution in [0.4, 0.5) is 0 Å². The lowest BCUT2D eigenvalue weighted by atomic mass is 10.3. The fourth-order valence-corrected chi connectivity index (χ4v) is 0.862. The molecule has 0 bridgehead atoms. The van der Waals surface area contributed by atoms with Crippen molar-refractivity contribution >= 4 is 17.6 Å². The van der Waals surface area contributed by atoms with Gasteiger partial charge in [-0.1, -0.05) is 11.6 Å². The van der Waals surface area contributed by atoms with Crippen LogP contribution in [0.1, 0.15) is 17.3 Å². The second kappa shape index (κ2) is 4.07. The van der Waals surface area contributed by atoms with E-state index in [0.29, 0.717) is 17.2 Å². The van der Waals surface area contributed by atoms with E-state index in [2.05, 4.69) is 11.2 Å². The van der Waals surface area contributed by atoms with E-state index in [1.54, 1.807) is 6.92 Å². The van der Waals surface area contributed by atoms with Gasteiger partial charge in [-0.15, -0.1) is 0 Å². The molecule has 0 spiro atoms. The lowest BCUT2D eigenvalue weighted by Crippen LogP contribution is -2.04. The topological polar surface area (TPSA) is 39.2 Å². The molecule has 0 unspecified atom stereocenters. The summed E-state index contributed by atoms with van der Waals surface area (Å²) in [6.07, 6.45) is 3.84. The van der Waals surface area contributed by atoms with Crippen LogP contribution in [0.2, 0.25) is 5.02 Å². The maximum Gasteiger partial charge on any atom is 0.339 e. The van der Waals surface area contributed by atoms with Crippen molar-refractivity contribution in [3.63, 3.8) is 0 Å². The van der Waals surface area contributed by atoms with Gasteiger partial charge >= 0.3 is 5.97 Å². The van der Waals surface area contributed by atoms with Crippen LogP contribution in [-0.4, -0.2) is 17.6 Å². The van der Waals surface area contributed by atoms with Gasteiger partial charge in [-0.3, -0.25) is 4.98 Å². The molecule has 1 rings (SSSR count). The predicted molar refractivity (Wildman–Crippen MR) is 44.0 cm³/mol. The highest BCUT2D eigenvalue weighted by molar-refractivity contribution is 6.30. The Morgan fingerprint density at radius 3 is 3.17 bits per heavy atom. The zero-order chi connectivity index (χ0) is 8.97. The van der Waals surface area contributed by atoms with E-state index in [1.165, 1.54) is 12.3 Å². The first-order valence-electron chi connectivity index (χ1n) is 3.44. The highest BCUT2D eigenvalue weighted by Crippen LogP contribution is 2.08. The molecule has 63 valence electrons.